The highest BCUT2D eigenvalue weighted by Crippen LogP contribution is 2.36. The van der Waals surface area contributed by atoms with Gasteiger partial charge in [0.2, 0.25) is 5.91 Å². The average molecular weight is 551 g/mol. The number of aliphatic carboxylic acids is 1. The van der Waals surface area contributed by atoms with E-state index in [9.17, 15) is 14.7 Å². The van der Waals surface area contributed by atoms with Crippen molar-refractivity contribution in [3.63, 3.8) is 0 Å². The maximum Gasteiger partial charge on any atom is 0.306 e. The number of nitrogens with zero attached hydrogens (tertiary/aromatic N) is 2. The molecule has 0 radical (unpaired) electrons. The van der Waals surface area contributed by atoms with Crippen molar-refractivity contribution in [2.24, 2.45) is 11.8 Å². The molecular weight excluding hydrogens is 516 g/mol. The highest BCUT2D eigenvalue weighted by molar-refractivity contribution is 6.33. The number of carboxylic acid groups (broad SMARTS) is 1. The number of halogens is 1. The first-order chi connectivity index (χ1) is 18.6. The predicted octanol–water partition coefficient (Wildman–Crippen LogP) is 6.40. The minimum absolute atomic E-state index is 0.000546. The molecule has 0 aliphatic heterocycles. The summed E-state index contributed by atoms with van der Waals surface area (Å²) in [6.07, 6.45) is 7.80. The van der Waals surface area contributed by atoms with Crippen LogP contribution in [0.2, 0.25) is 5.02 Å². The van der Waals surface area contributed by atoms with Crippen LogP contribution in [0.25, 0.3) is 28.0 Å². The molecule has 1 atom stereocenters. The van der Waals surface area contributed by atoms with Gasteiger partial charge in [0.25, 0.3) is 6.01 Å². The lowest BCUT2D eigenvalue weighted by Crippen LogP contribution is -2.49. The molecule has 0 spiro atoms. The quantitative estimate of drug-likeness (QED) is 0.313. The van der Waals surface area contributed by atoms with Gasteiger partial charge < -0.3 is 20.1 Å². The predicted molar refractivity (Wildman–Crippen MR) is 152 cm³/mol. The Morgan fingerprint density at radius 2 is 1.77 bits per heavy atom. The maximum atomic E-state index is 11.6. The second kappa shape index (κ2) is 11.0. The van der Waals surface area contributed by atoms with Crippen LogP contribution in [-0.4, -0.2) is 43.6 Å². The number of rotatable bonds is 7. The Balaban J connectivity index is 1.25. The van der Waals surface area contributed by atoms with Gasteiger partial charge in [0.15, 0.2) is 5.65 Å². The molecule has 3 N–H and O–H groups in total. The Labute approximate surface area is 233 Å². The number of fused-ring (bicyclic) bond motifs is 1. The first-order valence-corrected chi connectivity index (χ1v) is 14.0. The molecule has 2 aromatic heterocycles. The van der Waals surface area contributed by atoms with Crippen LogP contribution in [0.5, 0.6) is 6.01 Å². The number of aromatic nitrogens is 3. The number of hydrogen-bond donors (Lipinski definition) is 3. The van der Waals surface area contributed by atoms with Gasteiger partial charge in [0.05, 0.1) is 22.2 Å². The summed E-state index contributed by atoms with van der Waals surface area (Å²) in [5.41, 5.74) is 4.83. The fourth-order valence-corrected chi connectivity index (χ4v) is 6.19. The summed E-state index contributed by atoms with van der Waals surface area (Å²) in [6, 6.07) is 10.3. The van der Waals surface area contributed by atoms with E-state index in [2.05, 4.69) is 29.1 Å². The third-order valence-corrected chi connectivity index (χ3v) is 8.45. The molecule has 1 aromatic carbocycles. The van der Waals surface area contributed by atoms with Crippen LogP contribution in [-0.2, 0) is 9.59 Å². The van der Waals surface area contributed by atoms with E-state index in [1.165, 1.54) is 5.57 Å². The molecule has 1 saturated carbocycles. The Morgan fingerprint density at radius 3 is 2.38 bits per heavy atom. The van der Waals surface area contributed by atoms with Gasteiger partial charge in [-0.25, -0.2) is 4.98 Å². The number of nitrogens with one attached hydrogen (secondary N) is 2. The van der Waals surface area contributed by atoms with Crippen molar-refractivity contribution in [1.82, 2.24) is 20.3 Å². The van der Waals surface area contributed by atoms with E-state index in [-0.39, 0.29) is 23.5 Å². The summed E-state index contributed by atoms with van der Waals surface area (Å²) < 4.78 is 6.19. The lowest BCUT2D eigenvalue weighted by Gasteiger charge is -2.39. The standard InChI is InChI=1S/C30H35ClN4O4/c1-17(36)35-30(2,3)22-12-14-23(15-13-22)39-29-32-25-16-24(31)26(33-27(25)34-29)20-8-4-18(5-9-20)19-6-10-21(11-7-19)28(37)38/h4-6,8-9,16,21-23H,7,10-15H2,1-3H3,(H,35,36)(H,37,38)(H,32,33,34). The topological polar surface area (TPSA) is 117 Å². The molecule has 0 saturated heterocycles. The van der Waals surface area contributed by atoms with E-state index in [0.29, 0.717) is 41.1 Å². The molecule has 1 unspecified atom stereocenters. The molecule has 2 aliphatic rings. The first kappa shape index (κ1) is 27.2. The van der Waals surface area contributed by atoms with Crippen LogP contribution < -0.4 is 10.1 Å². The highest BCUT2D eigenvalue weighted by Gasteiger charge is 2.34. The Morgan fingerprint density at radius 1 is 1.08 bits per heavy atom. The number of hydrogen-bond acceptors (Lipinski definition) is 5. The van der Waals surface area contributed by atoms with Crippen molar-refractivity contribution in [1.29, 1.82) is 0 Å². The molecule has 0 bridgehead atoms. The number of H-pyrrole nitrogens is 1. The second-order valence-corrected chi connectivity index (χ2v) is 11.7. The Hall–Kier alpha value is -3.39. The van der Waals surface area contributed by atoms with Gasteiger partial charge in [-0.1, -0.05) is 41.9 Å². The number of amides is 1. The van der Waals surface area contributed by atoms with E-state index in [4.69, 9.17) is 21.3 Å². The summed E-state index contributed by atoms with van der Waals surface area (Å²) in [6.45, 7) is 5.74. The fraction of sp³-hybridized carbons (Fsp3) is 0.467. The van der Waals surface area contributed by atoms with Gasteiger partial charge in [0, 0.05) is 18.0 Å². The monoisotopic (exact) mass is 550 g/mol. The van der Waals surface area contributed by atoms with Gasteiger partial charge >= 0.3 is 5.97 Å². The van der Waals surface area contributed by atoms with Crippen molar-refractivity contribution in [2.75, 3.05) is 0 Å². The number of aromatic amines is 1. The number of ether oxygens (including phenoxy) is 1. The first-order valence-electron chi connectivity index (χ1n) is 13.6. The van der Waals surface area contributed by atoms with E-state index in [1.54, 1.807) is 6.92 Å². The van der Waals surface area contributed by atoms with Crippen LogP contribution in [0.3, 0.4) is 0 Å². The van der Waals surface area contributed by atoms with Gasteiger partial charge in [-0.15, -0.1) is 0 Å². The zero-order valence-electron chi connectivity index (χ0n) is 22.6. The third kappa shape index (κ3) is 6.11. The summed E-state index contributed by atoms with van der Waals surface area (Å²) in [5.74, 6) is -0.608. The van der Waals surface area contributed by atoms with Crippen LogP contribution >= 0.6 is 11.6 Å². The number of carboxylic acids is 1. The molecule has 9 heteroatoms. The molecule has 1 fully saturated rings. The van der Waals surface area contributed by atoms with Crippen LogP contribution in [0, 0.1) is 11.8 Å². The summed E-state index contributed by atoms with van der Waals surface area (Å²) in [7, 11) is 0. The van der Waals surface area contributed by atoms with Gasteiger partial charge in [-0.05, 0) is 81.9 Å². The molecule has 2 heterocycles. The molecule has 1 amide bonds. The van der Waals surface area contributed by atoms with Crippen molar-refractivity contribution in [3.05, 3.63) is 47.0 Å². The zero-order valence-corrected chi connectivity index (χ0v) is 23.3. The van der Waals surface area contributed by atoms with Crippen molar-refractivity contribution >= 4 is 40.2 Å². The molecule has 2 aliphatic carbocycles. The molecule has 5 rings (SSSR count). The SMILES string of the molecule is CC(=O)NC(C)(C)C1CCC(Oc2nc3nc(-c4ccc(C5=CCC(C(=O)O)CC5)cc4)c(Cl)cc3[nH]2)CC1. The minimum Gasteiger partial charge on any atom is -0.481 e. The van der Waals surface area contributed by atoms with Crippen LogP contribution in [0.4, 0.5) is 0 Å². The normalized spacial score (nSPS) is 21.8. The third-order valence-electron chi connectivity index (χ3n) is 8.17. The second-order valence-electron chi connectivity index (χ2n) is 11.3. The van der Waals surface area contributed by atoms with Gasteiger partial charge in [-0.3, -0.25) is 9.59 Å². The van der Waals surface area contributed by atoms with E-state index < -0.39 is 5.97 Å². The number of benzene rings is 1. The van der Waals surface area contributed by atoms with Gasteiger partial charge in [0.1, 0.15) is 6.10 Å². The smallest absolute Gasteiger partial charge is 0.306 e. The number of pyridine rings is 1. The molecule has 3 aromatic rings. The van der Waals surface area contributed by atoms with Crippen molar-refractivity contribution in [3.8, 4) is 17.3 Å². The molecule has 8 nitrogen and oxygen atoms in total. The highest BCUT2D eigenvalue weighted by atomic mass is 35.5. The Kier molecular flexibility index (Phi) is 7.67. The lowest BCUT2D eigenvalue weighted by atomic mass is 9.76. The lowest BCUT2D eigenvalue weighted by molar-refractivity contribution is -0.141. The number of allylic oxidation sites excluding steroid dienone is 2. The Bertz CT molecular complexity index is 1400. The van der Waals surface area contributed by atoms with E-state index in [0.717, 1.165) is 48.7 Å². The number of carbonyl (C=O) groups excluding carboxylic acids is 1. The van der Waals surface area contributed by atoms with Crippen molar-refractivity contribution < 1.29 is 19.4 Å². The maximum absolute atomic E-state index is 11.6. The average Bonchev–Trinajstić information content (AvgIpc) is 3.29. The molecule has 39 heavy (non-hydrogen) atoms. The molecular formula is C30H35ClN4O4. The van der Waals surface area contributed by atoms with Gasteiger partial charge in [-0.2, -0.15) is 4.98 Å². The van der Waals surface area contributed by atoms with Crippen molar-refractivity contribution in [2.45, 2.75) is 77.4 Å². The number of imidazole rings is 1. The fourth-order valence-electron chi connectivity index (χ4n) is 5.93. The van der Waals surface area contributed by atoms with Crippen LogP contribution in [0.1, 0.15) is 71.3 Å². The summed E-state index contributed by atoms with van der Waals surface area (Å²) in [4.78, 5) is 35.3. The minimum atomic E-state index is -0.723. The number of carbonyl (C=O) groups is 2. The molecule has 206 valence electrons. The van der Waals surface area contributed by atoms with Crippen LogP contribution in [0.15, 0.2) is 36.4 Å². The van der Waals surface area contributed by atoms with E-state index >= 15 is 0 Å². The van der Waals surface area contributed by atoms with E-state index in [1.807, 2.05) is 36.4 Å². The zero-order chi connectivity index (χ0) is 27.7. The summed E-state index contributed by atoms with van der Waals surface area (Å²) >= 11 is 6.62. The summed E-state index contributed by atoms with van der Waals surface area (Å²) in [5, 5.41) is 12.8. The largest absolute Gasteiger partial charge is 0.481 e.